The summed E-state index contributed by atoms with van der Waals surface area (Å²) in [6, 6.07) is 8.09. The van der Waals surface area contributed by atoms with E-state index < -0.39 is 0 Å². The summed E-state index contributed by atoms with van der Waals surface area (Å²) in [5.41, 5.74) is 8.05. The van der Waals surface area contributed by atoms with E-state index in [4.69, 9.17) is 10.5 Å². The van der Waals surface area contributed by atoms with Crippen LogP contribution in [0.4, 0.5) is 5.95 Å². The number of aromatic nitrogens is 2. The quantitative estimate of drug-likeness (QED) is 0.907. The molecule has 0 aliphatic heterocycles. The third-order valence-electron chi connectivity index (χ3n) is 2.98. The highest BCUT2D eigenvalue weighted by molar-refractivity contribution is 9.10. The molecule has 1 aromatic carbocycles. The lowest BCUT2D eigenvalue weighted by molar-refractivity contribution is 0.394. The molecule has 0 bridgehead atoms. The van der Waals surface area contributed by atoms with Gasteiger partial charge in [0.05, 0.1) is 17.8 Å². The van der Waals surface area contributed by atoms with Crippen LogP contribution in [0.3, 0.4) is 0 Å². The standard InChI is InChI=1S/C14H17BrN4O/c1-19(9-11-6-4-3-5-10(11)7-16)14-17-8-12(15)13(18-14)20-2/h3-6,8H,7,9,16H2,1-2H3. The van der Waals surface area contributed by atoms with Crippen molar-refractivity contribution in [3.8, 4) is 5.88 Å². The van der Waals surface area contributed by atoms with E-state index in [1.54, 1.807) is 13.3 Å². The summed E-state index contributed by atoms with van der Waals surface area (Å²) < 4.78 is 5.92. The Morgan fingerprint density at radius 2 is 2.00 bits per heavy atom. The monoisotopic (exact) mass is 336 g/mol. The van der Waals surface area contributed by atoms with E-state index in [2.05, 4.69) is 32.0 Å². The third-order valence-corrected chi connectivity index (χ3v) is 3.52. The average Bonchev–Trinajstić information content (AvgIpc) is 2.48. The van der Waals surface area contributed by atoms with Crippen molar-refractivity contribution in [1.82, 2.24) is 9.97 Å². The Hall–Kier alpha value is -1.66. The molecule has 0 spiro atoms. The molecule has 1 aromatic heterocycles. The zero-order chi connectivity index (χ0) is 14.5. The summed E-state index contributed by atoms with van der Waals surface area (Å²) >= 11 is 3.34. The minimum atomic E-state index is 0.522. The average molecular weight is 337 g/mol. The molecular weight excluding hydrogens is 320 g/mol. The molecule has 0 unspecified atom stereocenters. The van der Waals surface area contributed by atoms with Crippen LogP contribution in [-0.4, -0.2) is 24.1 Å². The fraction of sp³-hybridized carbons (Fsp3) is 0.286. The van der Waals surface area contributed by atoms with Gasteiger partial charge in [0.1, 0.15) is 0 Å². The lowest BCUT2D eigenvalue weighted by atomic mass is 10.1. The molecule has 2 N–H and O–H groups in total. The van der Waals surface area contributed by atoms with Crippen molar-refractivity contribution in [1.29, 1.82) is 0 Å². The number of nitrogens with two attached hydrogens (primary N) is 1. The molecule has 106 valence electrons. The number of ether oxygens (including phenoxy) is 1. The molecule has 0 atom stereocenters. The van der Waals surface area contributed by atoms with Gasteiger partial charge in [-0.1, -0.05) is 24.3 Å². The maximum atomic E-state index is 5.75. The van der Waals surface area contributed by atoms with Gasteiger partial charge in [-0.3, -0.25) is 0 Å². The predicted octanol–water partition coefficient (Wildman–Crippen LogP) is 2.34. The predicted molar refractivity (Wildman–Crippen MR) is 82.7 cm³/mol. The van der Waals surface area contributed by atoms with Crippen LogP contribution in [0, 0.1) is 0 Å². The largest absolute Gasteiger partial charge is 0.480 e. The van der Waals surface area contributed by atoms with Crippen LogP contribution in [0.1, 0.15) is 11.1 Å². The van der Waals surface area contributed by atoms with Crippen molar-refractivity contribution in [3.63, 3.8) is 0 Å². The Morgan fingerprint density at radius 1 is 1.30 bits per heavy atom. The molecule has 0 saturated heterocycles. The molecule has 1 heterocycles. The minimum Gasteiger partial charge on any atom is -0.480 e. The highest BCUT2D eigenvalue weighted by Gasteiger charge is 2.11. The highest BCUT2D eigenvalue weighted by atomic mass is 79.9. The maximum Gasteiger partial charge on any atom is 0.232 e. The van der Waals surface area contributed by atoms with Gasteiger partial charge in [0.15, 0.2) is 0 Å². The van der Waals surface area contributed by atoms with E-state index in [1.807, 2.05) is 30.1 Å². The Morgan fingerprint density at radius 3 is 2.65 bits per heavy atom. The summed E-state index contributed by atoms with van der Waals surface area (Å²) in [7, 11) is 3.52. The highest BCUT2D eigenvalue weighted by Crippen LogP contribution is 2.23. The van der Waals surface area contributed by atoms with Gasteiger partial charge in [-0.15, -0.1) is 0 Å². The summed E-state index contributed by atoms with van der Waals surface area (Å²) in [6.45, 7) is 1.21. The van der Waals surface area contributed by atoms with Gasteiger partial charge in [0.2, 0.25) is 11.8 Å². The van der Waals surface area contributed by atoms with E-state index >= 15 is 0 Å². The lowest BCUT2D eigenvalue weighted by Crippen LogP contribution is -2.20. The first kappa shape index (κ1) is 14.7. The number of rotatable bonds is 5. The fourth-order valence-electron chi connectivity index (χ4n) is 1.91. The van der Waals surface area contributed by atoms with Crippen LogP contribution >= 0.6 is 15.9 Å². The Bertz CT molecular complexity index is 591. The number of halogens is 1. The van der Waals surface area contributed by atoms with Crippen LogP contribution in [0.5, 0.6) is 5.88 Å². The maximum absolute atomic E-state index is 5.75. The zero-order valence-corrected chi connectivity index (χ0v) is 13.1. The summed E-state index contributed by atoms with van der Waals surface area (Å²) in [5.74, 6) is 1.13. The van der Waals surface area contributed by atoms with Crippen molar-refractivity contribution in [3.05, 3.63) is 46.1 Å². The van der Waals surface area contributed by atoms with Gasteiger partial charge in [-0.25, -0.2) is 4.98 Å². The topological polar surface area (TPSA) is 64.3 Å². The van der Waals surface area contributed by atoms with E-state index in [0.717, 1.165) is 10.0 Å². The molecule has 6 heteroatoms. The van der Waals surface area contributed by atoms with Crippen molar-refractivity contribution in [2.45, 2.75) is 13.1 Å². The van der Waals surface area contributed by atoms with Crippen LogP contribution in [-0.2, 0) is 13.1 Å². The summed E-state index contributed by atoms with van der Waals surface area (Å²) in [4.78, 5) is 10.6. The second-order valence-electron chi connectivity index (χ2n) is 4.36. The molecule has 2 rings (SSSR count). The van der Waals surface area contributed by atoms with Crippen LogP contribution in [0.2, 0.25) is 0 Å². The van der Waals surface area contributed by atoms with Gasteiger partial charge in [-0.2, -0.15) is 4.98 Å². The first-order chi connectivity index (χ1) is 9.65. The van der Waals surface area contributed by atoms with Gasteiger partial charge in [0, 0.05) is 20.1 Å². The normalized spacial score (nSPS) is 10.4. The molecule has 0 aliphatic rings. The third kappa shape index (κ3) is 3.26. The first-order valence-corrected chi connectivity index (χ1v) is 6.99. The van der Waals surface area contributed by atoms with Crippen molar-refractivity contribution < 1.29 is 4.74 Å². The number of anilines is 1. The fourth-order valence-corrected chi connectivity index (χ4v) is 2.26. The van der Waals surface area contributed by atoms with Crippen molar-refractivity contribution in [2.75, 3.05) is 19.1 Å². The molecule has 2 aromatic rings. The number of methoxy groups -OCH3 is 1. The molecule has 0 aliphatic carbocycles. The van der Waals surface area contributed by atoms with Crippen LogP contribution in [0.25, 0.3) is 0 Å². The first-order valence-electron chi connectivity index (χ1n) is 6.20. The van der Waals surface area contributed by atoms with Crippen molar-refractivity contribution in [2.24, 2.45) is 5.73 Å². The zero-order valence-electron chi connectivity index (χ0n) is 11.5. The molecule has 20 heavy (non-hydrogen) atoms. The molecule has 0 amide bonds. The van der Waals surface area contributed by atoms with Gasteiger partial charge < -0.3 is 15.4 Å². The van der Waals surface area contributed by atoms with Crippen LogP contribution in [0.15, 0.2) is 34.9 Å². The van der Waals surface area contributed by atoms with Gasteiger partial charge >= 0.3 is 0 Å². The number of benzene rings is 1. The molecule has 0 fully saturated rings. The number of hydrogen-bond acceptors (Lipinski definition) is 5. The number of nitrogens with zero attached hydrogens (tertiary/aromatic N) is 3. The van der Waals surface area contributed by atoms with E-state index in [1.165, 1.54) is 5.56 Å². The van der Waals surface area contributed by atoms with Crippen molar-refractivity contribution >= 4 is 21.9 Å². The summed E-state index contributed by atoms with van der Waals surface area (Å²) in [6.07, 6.45) is 1.69. The Labute approximate surface area is 126 Å². The van der Waals surface area contributed by atoms with E-state index in [-0.39, 0.29) is 0 Å². The second kappa shape index (κ2) is 6.67. The number of hydrogen-bond donors (Lipinski definition) is 1. The van der Waals surface area contributed by atoms with Gasteiger partial charge in [0.25, 0.3) is 0 Å². The van der Waals surface area contributed by atoms with Crippen LogP contribution < -0.4 is 15.4 Å². The lowest BCUT2D eigenvalue weighted by Gasteiger charge is -2.19. The summed E-state index contributed by atoms with van der Waals surface area (Å²) in [5, 5.41) is 0. The minimum absolute atomic E-state index is 0.522. The molecule has 0 radical (unpaired) electrons. The van der Waals surface area contributed by atoms with E-state index in [9.17, 15) is 0 Å². The Kier molecular flexibility index (Phi) is 4.92. The Balaban J connectivity index is 2.21. The molecular formula is C14H17BrN4O. The van der Waals surface area contributed by atoms with Gasteiger partial charge in [-0.05, 0) is 27.1 Å². The smallest absolute Gasteiger partial charge is 0.232 e. The molecule has 5 nitrogen and oxygen atoms in total. The van der Waals surface area contributed by atoms with E-state index in [0.29, 0.717) is 24.9 Å². The second-order valence-corrected chi connectivity index (χ2v) is 5.21. The SMILES string of the molecule is COc1nc(N(C)Cc2ccccc2CN)ncc1Br. The molecule has 0 saturated carbocycles.